The highest BCUT2D eigenvalue weighted by atomic mass is 35.5. The first-order chi connectivity index (χ1) is 15.0. The van der Waals surface area contributed by atoms with E-state index in [1.165, 1.54) is 10.8 Å². The molecular weight excluding hydrogens is 429 g/mol. The first-order valence-electron chi connectivity index (χ1n) is 9.67. The number of halogens is 2. The van der Waals surface area contributed by atoms with Crippen LogP contribution < -0.4 is 15.1 Å². The molecule has 31 heavy (non-hydrogen) atoms. The maximum absolute atomic E-state index is 14.1. The van der Waals surface area contributed by atoms with Crippen LogP contribution in [0.3, 0.4) is 0 Å². The Bertz CT molecular complexity index is 1190. The van der Waals surface area contributed by atoms with Crippen molar-refractivity contribution < 1.29 is 23.4 Å². The number of carbonyl (C=O) groups excluding carboxylic acids is 1. The molecule has 0 bridgehead atoms. The number of aromatic nitrogens is 2. The largest absolute Gasteiger partial charge is 0.514 e. The molecule has 1 fully saturated rings. The summed E-state index contributed by atoms with van der Waals surface area (Å²) >= 11 is 5.89. The van der Waals surface area contributed by atoms with Crippen molar-refractivity contribution in [3.63, 3.8) is 0 Å². The topological polar surface area (TPSA) is 82.9 Å². The Kier molecular flexibility index (Phi) is 6.06. The molecule has 1 saturated heterocycles. The average molecular weight is 448 g/mol. The number of nitrogens with zero attached hydrogens (tertiary/aromatic N) is 3. The second-order valence-corrected chi connectivity index (χ2v) is 7.09. The molecule has 0 atom stereocenters. The summed E-state index contributed by atoms with van der Waals surface area (Å²) in [6.45, 7) is 4.41. The lowest BCUT2D eigenvalue weighted by Crippen LogP contribution is -2.36. The van der Waals surface area contributed by atoms with Crippen molar-refractivity contribution in [2.24, 2.45) is 0 Å². The molecule has 0 N–H and O–H groups in total. The van der Waals surface area contributed by atoms with Crippen molar-refractivity contribution in [3.8, 4) is 11.4 Å². The standard InChI is InChI=1S/C21H19ClFN3O5/c1-2-30-21(28)31-17-12-26(20-15(18(17)27)11-16(23)19(22)24-20)14-5-3-4-13(10-14)25-6-8-29-9-7-25/h3-5,10-12H,2,6-9H2,1H3. The molecule has 0 aliphatic carbocycles. The molecule has 1 aromatic carbocycles. The van der Waals surface area contributed by atoms with Crippen LogP contribution in [-0.4, -0.2) is 48.6 Å². The van der Waals surface area contributed by atoms with E-state index >= 15 is 0 Å². The van der Waals surface area contributed by atoms with E-state index in [1.54, 1.807) is 13.0 Å². The van der Waals surface area contributed by atoms with E-state index in [4.69, 9.17) is 25.8 Å². The highest BCUT2D eigenvalue weighted by Crippen LogP contribution is 2.26. The molecule has 0 amide bonds. The van der Waals surface area contributed by atoms with E-state index in [0.29, 0.717) is 18.9 Å². The van der Waals surface area contributed by atoms with Gasteiger partial charge in [-0.1, -0.05) is 17.7 Å². The van der Waals surface area contributed by atoms with Gasteiger partial charge in [0.15, 0.2) is 22.4 Å². The van der Waals surface area contributed by atoms with E-state index in [-0.39, 0.29) is 28.5 Å². The number of benzene rings is 1. The second kappa shape index (κ2) is 8.91. The lowest BCUT2D eigenvalue weighted by Gasteiger charge is -2.29. The van der Waals surface area contributed by atoms with Gasteiger partial charge in [0.25, 0.3) is 0 Å². The molecule has 2 aromatic heterocycles. The van der Waals surface area contributed by atoms with Gasteiger partial charge in [-0.2, -0.15) is 0 Å². The minimum atomic E-state index is -1.03. The molecule has 4 rings (SSSR count). The SMILES string of the molecule is CCOC(=O)Oc1cn(-c2cccc(N3CCOCC3)c2)c2nc(Cl)c(F)cc2c1=O. The molecule has 3 heterocycles. The van der Waals surface area contributed by atoms with Crippen LogP contribution in [0.2, 0.25) is 5.15 Å². The van der Waals surface area contributed by atoms with Crippen molar-refractivity contribution in [2.45, 2.75) is 6.92 Å². The molecule has 8 nitrogen and oxygen atoms in total. The summed E-state index contributed by atoms with van der Waals surface area (Å²) in [6, 6.07) is 8.47. The van der Waals surface area contributed by atoms with Crippen molar-refractivity contribution >= 4 is 34.5 Å². The van der Waals surface area contributed by atoms with Gasteiger partial charge in [0, 0.05) is 24.5 Å². The van der Waals surface area contributed by atoms with Crippen LogP contribution in [0.25, 0.3) is 16.7 Å². The maximum atomic E-state index is 14.1. The van der Waals surface area contributed by atoms with Gasteiger partial charge in [0.1, 0.15) is 0 Å². The number of fused-ring (bicyclic) bond motifs is 1. The summed E-state index contributed by atoms with van der Waals surface area (Å²) in [5.74, 6) is -1.17. The van der Waals surface area contributed by atoms with Crippen LogP contribution in [-0.2, 0) is 9.47 Å². The Balaban J connectivity index is 1.88. The summed E-state index contributed by atoms with van der Waals surface area (Å²) in [6.07, 6.45) is 0.288. The summed E-state index contributed by atoms with van der Waals surface area (Å²) < 4.78 is 30.9. The fraction of sp³-hybridized carbons (Fsp3) is 0.286. The normalized spacial score (nSPS) is 14.0. The minimum Gasteiger partial charge on any atom is -0.434 e. The van der Waals surface area contributed by atoms with E-state index < -0.39 is 17.4 Å². The molecule has 0 saturated carbocycles. The predicted molar refractivity (Wildman–Crippen MR) is 113 cm³/mol. The lowest BCUT2D eigenvalue weighted by atomic mass is 10.2. The average Bonchev–Trinajstić information content (AvgIpc) is 2.78. The van der Waals surface area contributed by atoms with Crippen molar-refractivity contribution in [3.05, 3.63) is 57.7 Å². The molecule has 0 unspecified atom stereocenters. The van der Waals surface area contributed by atoms with Crippen LogP contribution in [0, 0.1) is 5.82 Å². The quantitative estimate of drug-likeness (QED) is 0.446. The number of morpholine rings is 1. The fourth-order valence-corrected chi connectivity index (χ4v) is 3.48. The van der Waals surface area contributed by atoms with Gasteiger partial charge in [-0.25, -0.2) is 14.2 Å². The van der Waals surface area contributed by atoms with Crippen molar-refractivity contribution in [2.75, 3.05) is 37.8 Å². The third-order valence-corrected chi connectivity index (χ3v) is 5.06. The maximum Gasteiger partial charge on any atom is 0.514 e. The smallest absolute Gasteiger partial charge is 0.434 e. The monoisotopic (exact) mass is 447 g/mol. The second-order valence-electron chi connectivity index (χ2n) is 6.73. The van der Waals surface area contributed by atoms with Crippen LogP contribution in [0.1, 0.15) is 6.92 Å². The Morgan fingerprint density at radius 3 is 2.74 bits per heavy atom. The number of pyridine rings is 2. The van der Waals surface area contributed by atoms with Crippen LogP contribution in [0.5, 0.6) is 5.75 Å². The Labute approximate surface area is 181 Å². The molecule has 0 radical (unpaired) electrons. The highest BCUT2D eigenvalue weighted by Gasteiger charge is 2.19. The molecule has 0 spiro atoms. The fourth-order valence-electron chi connectivity index (χ4n) is 3.35. The first kappa shape index (κ1) is 21.1. The highest BCUT2D eigenvalue weighted by molar-refractivity contribution is 6.29. The zero-order valence-corrected chi connectivity index (χ0v) is 17.4. The Morgan fingerprint density at radius 2 is 2.00 bits per heavy atom. The van der Waals surface area contributed by atoms with Gasteiger partial charge < -0.3 is 19.1 Å². The van der Waals surface area contributed by atoms with Gasteiger partial charge in [-0.3, -0.25) is 9.36 Å². The van der Waals surface area contributed by atoms with Crippen LogP contribution in [0.15, 0.2) is 41.3 Å². The predicted octanol–water partition coefficient (Wildman–Crippen LogP) is 3.55. The van der Waals surface area contributed by atoms with E-state index in [9.17, 15) is 14.0 Å². The Hall–Kier alpha value is -3.17. The number of anilines is 1. The number of ether oxygens (including phenoxy) is 3. The van der Waals surface area contributed by atoms with Gasteiger partial charge in [0.2, 0.25) is 5.43 Å². The summed E-state index contributed by atoms with van der Waals surface area (Å²) in [5, 5.41) is -0.454. The van der Waals surface area contributed by atoms with E-state index in [1.807, 2.05) is 18.2 Å². The Morgan fingerprint density at radius 1 is 1.26 bits per heavy atom. The zero-order chi connectivity index (χ0) is 22.0. The molecule has 3 aromatic rings. The molecule has 1 aliphatic heterocycles. The van der Waals surface area contributed by atoms with Gasteiger partial charge >= 0.3 is 6.16 Å². The van der Waals surface area contributed by atoms with E-state index in [0.717, 1.165) is 24.8 Å². The van der Waals surface area contributed by atoms with Gasteiger partial charge in [-0.05, 0) is 31.2 Å². The van der Waals surface area contributed by atoms with Gasteiger partial charge in [-0.15, -0.1) is 0 Å². The summed E-state index contributed by atoms with van der Waals surface area (Å²) in [5.41, 5.74) is 0.991. The lowest BCUT2D eigenvalue weighted by molar-refractivity contribution is 0.104. The third-order valence-electron chi connectivity index (χ3n) is 4.80. The van der Waals surface area contributed by atoms with Gasteiger partial charge in [0.05, 0.1) is 31.4 Å². The van der Waals surface area contributed by atoms with Crippen LogP contribution >= 0.6 is 11.6 Å². The minimum absolute atomic E-state index is 0.0774. The number of rotatable bonds is 4. The molecular formula is C21H19ClFN3O5. The van der Waals surface area contributed by atoms with Crippen molar-refractivity contribution in [1.82, 2.24) is 9.55 Å². The summed E-state index contributed by atoms with van der Waals surface area (Å²) in [4.78, 5) is 30.8. The summed E-state index contributed by atoms with van der Waals surface area (Å²) in [7, 11) is 0. The number of hydrogen-bond acceptors (Lipinski definition) is 7. The van der Waals surface area contributed by atoms with Crippen LogP contribution in [0.4, 0.5) is 14.9 Å². The molecule has 1 aliphatic rings. The number of hydrogen-bond donors (Lipinski definition) is 0. The molecule has 10 heteroatoms. The zero-order valence-electron chi connectivity index (χ0n) is 16.6. The van der Waals surface area contributed by atoms with Crippen molar-refractivity contribution in [1.29, 1.82) is 0 Å². The first-order valence-corrected chi connectivity index (χ1v) is 10.0. The molecule has 162 valence electrons. The number of carbonyl (C=O) groups is 1. The van der Waals surface area contributed by atoms with E-state index in [2.05, 4.69) is 9.88 Å². The third kappa shape index (κ3) is 4.33.